The number of rotatable bonds is 29. The van der Waals surface area contributed by atoms with Crippen molar-refractivity contribution in [3.05, 3.63) is 0 Å². The molecule has 0 radical (unpaired) electrons. The number of hydrogen-bond acceptors (Lipinski definition) is 2. The minimum Gasteiger partial charge on any atom is -0.390 e. The van der Waals surface area contributed by atoms with Gasteiger partial charge in [0.25, 0.3) is 0 Å². The Morgan fingerprint density at radius 2 is 0.444 bits per heavy atom. The molecule has 36 heavy (non-hydrogen) atoms. The second-order valence-electron chi connectivity index (χ2n) is 12.3. The summed E-state index contributed by atoms with van der Waals surface area (Å²) in [6.45, 7) is 9.07. The average molecular weight is 511 g/mol. The van der Waals surface area contributed by atoms with E-state index < -0.39 is 11.2 Å². The van der Waals surface area contributed by atoms with Gasteiger partial charge in [-0.3, -0.25) is 0 Å². The van der Waals surface area contributed by atoms with Crippen molar-refractivity contribution < 1.29 is 10.2 Å². The van der Waals surface area contributed by atoms with E-state index in [9.17, 15) is 10.2 Å². The van der Waals surface area contributed by atoms with E-state index in [2.05, 4.69) is 27.7 Å². The van der Waals surface area contributed by atoms with Gasteiger partial charge in [0, 0.05) is 0 Å². The lowest BCUT2D eigenvalue weighted by Crippen LogP contribution is -2.30. The fourth-order valence-electron chi connectivity index (χ4n) is 5.89. The molecule has 0 unspecified atom stereocenters. The van der Waals surface area contributed by atoms with Gasteiger partial charge in [-0.15, -0.1) is 0 Å². The molecule has 218 valence electrons. The number of hydrogen-bond donors (Lipinski definition) is 2. The zero-order valence-corrected chi connectivity index (χ0v) is 25.7. The monoisotopic (exact) mass is 511 g/mol. The molecule has 2 nitrogen and oxygen atoms in total. The highest BCUT2D eigenvalue weighted by atomic mass is 16.3. The average Bonchev–Trinajstić information content (AvgIpc) is 2.86. The Morgan fingerprint density at radius 1 is 0.278 bits per heavy atom. The first-order valence-corrected chi connectivity index (χ1v) is 16.9. The van der Waals surface area contributed by atoms with E-state index in [4.69, 9.17) is 0 Å². The van der Waals surface area contributed by atoms with E-state index in [-0.39, 0.29) is 0 Å². The van der Waals surface area contributed by atoms with Crippen LogP contribution in [0, 0.1) is 0 Å². The van der Waals surface area contributed by atoms with Crippen molar-refractivity contribution in [1.29, 1.82) is 0 Å². The van der Waals surface area contributed by atoms with Gasteiger partial charge in [0.15, 0.2) is 0 Å². The van der Waals surface area contributed by atoms with Gasteiger partial charge in [-0.1, -0.05) is 169 Å². The number of unbranched alkanes of at least 4 members (excludes halogenated alkanes) is 17. The molecule has 0 rings (SSSR count). The van der Waals surface area contributed by atoms with Gasteiger partial charge in [-0.25, -0.2) is 0 Å². The third-order valence-electron chi connectivity index (χ3n) is 8.52. The fourth-order valence-corrected chi connectivity index (χ4v) is 5.89. The van der Waals surface area contributed by atoms with Crippen molar-refractivity contribution in [2.45, 2.75) is 219 Å². The highest BCUT2D eigenvalue weighted by molar-refractivity contribution is 4.82. The first-order chi connectivity index (χ1) is 17.4. The first-order valence-electron chi connectivity index (χ1n) is 16.9. The lowest BCUT2D eigenvalue weighted by Gasteiger charge is -2.31. The summed E-state index contributed by atoms with van der Waals surface area (Å²) in [7, 11) is 0. The summed E-state index contributed by atoms with van der Waals surface area (Å²) >= 11 is 0. The highest BCUT2D eigenvalue weighted by Gasteiger charge is 2.28. The molecule has 0 aromatic carbocycles. The first kappa shape index (κ1) is 35.9. The molecule has 0 spiro atoms. The van der Waals surface area contributed by atoms with Crippen molar-refractivity contribution in [2.24, 2.45) is 0 Å². The molecule has 0 saturated heterocycles. The summed E-state index contributed by atoms with van der Waals surface area (Å²) in [5.41, 5.74) is -0.951. The van der Waals surface area contributed by atoms with Crippen LogP contribution >= 0.6 is 0 Å². The zero-order valence-electron chi connectivity index (χ0n) is 25.7. The maximum Gasteiger partial charge on any atom is 0.0647 e. The van der Waals surface area contributed by atoms with Gasteiger partial charge >= 0.3 is 0 Å². The van der Waals surface area contributed by atoms with E-state index in [0.717, 1.165) is 51.4 Å². The normalized spacial score (nSPS) is 12.5. The summed E-state index contributed by atoms with van der Waals surface area (Å²) in [4.78, 5) is 0. The third kappa shape index (κ3) is 22.0. The van der Waals surface area contributed by atoms with E-state index in [1.807, 2.05) is 0 Å². The fraction of sp³-hybridized carbons (Fsp3) is 1.00. The molecule has 0 aliphatic rings. The van der Waals surface area contributed by atoms with Crippen molar-refractivity contribution in [1.82, 2.24) is 0 Å². The van der Waals surface area contributed by atoms with Crippen LogP contribution in [0.1, 0.15) is 207 Å². The predicted octanol–water partition coefficient (Wildman–Crippen LogP) is 11.5. The predicted molar refractivity (Wildman–Crippen MR) is 162 cm³/mol. The highest BCUT2D eigenvalue weighted by Crippen LogP contribution is 2.32. The molecule has 2 heteroatoms. The smallest absolute Gasteiger partial charge is 0.0647 e. The topological polar surface area (TPSA) is 40.5 Å². The minimum atomic E-state index is -0.475. The summed E-state index contributed by atoms with van der Waals surface area (Å²) in [6, 6.07) is 0. The van der Waals surface area contributed by atoms with Gasteiger partial charge in [0.2, 0.25) is 0 Å². The lowest BCUT2D eigenvalue weighted by molar-refractivity contribution is -0.00618. The minimum absolute atomic E-state index is 0.475. The lowest BCUT2D eigenvalue weighted by atomic mass is 9.82. The van der Waals surface area contributed by atoms with Gasteiger partial charge < -0.3 is 10.2 Å². The van der Waals surface area contributed by atoms with Crippen molar-refractivity contribution in [3.8, 4) is 0 Å². The summed E-state index contributed by atoms with van der Waals surface area (Å²) in [5.74, 6) is 0. The maximum atomic E-state index is 11.5. The van der Waals surface area contributed by atoms with Crippen molar-refractivity contribution >= 4 is 0 Å². The van der Waals surface area contributed by atoms with Crippen molar-refractivity contribution in [2.75, 3.05) is 0 Å². The molecular weight excluding hydrogens is 440 g/mol. The van der Waals surface area contributed by atoms with Crippen LogP contribution in [0.3, 0.4) is 0 Å². The summed E-state index contributed by atoms with van der Waals surface area (Å²) in [5, 5.41) is 23.1. The Kier molecular flexibility index (Phi) is 25.2. The molecule has 2 N–H and O–H groups in total. The third-order valence-corrected chi connectivity index (χ3v) is 8.52. The van der Waals surface area contributed by atoms with Crippen LogP contribution in [0.4, 0.5) is 0 Å². The second-order valence-corrected chi connectivity index (χ2v) is 12.3. The SMILES string of the molecule is CCCCCCCC(O)(CCCCCCC)CCCCC(O)(CCCCCCC)CCCCCCC. The maximum absolute atomic E-state index is 11.5. The Hall–Kier alpha value is -0.0800. The Morgan fingerprint density at radius 3 is 0.639 bits per heavy atom. The van der Waals surface area contributed by atoms with Crippen LogP contribution < -0.4 is 0 Å². The number of aliphatic hydroxyl groups is 2. The quantitative estimate of drug-likeness (QED) is 0.0982. The van der Waals surface area contributed by atoms with E-state index >= 15 is 0 Å². The summed E-state index contributed by atoms with van der Waals surface area (Å²) in [6.07, 6.45) is 33.3. The Labute approximate surface area is 228 Å². The molecule has 0 atom stereocenters. The van der Waals surface area contributed by atoms with Crippen LogP contribution in [-0.2, 0) is 0 Å². The molecule has 0 heterocycles. The molecule has 0 bridgehead atoms. The molecule has 0 fully saturated rings. The summed E-state index contributed by atoms with van der Waals surface area (Å²) < 4.78 is 0. The van der Waals surface area contributed by atoms with E-state index in [1.54, 1.807) is 0 Å². The Balaban J connectivity index is 4.66. The Bertz CT molecular complexity index is 365. The van der Waals surface area contributed by atoms with E-state index in [1.165, 1.54) is 128 Å². The van der Waals surface area contributed by atoms with E-state index in [0.29, 0.717) is 0 Å². The van der Waals surface area contributed by atoms with Crippen LogP contribution in [0.5, 0.6) is 0 Å². The van der Waals surface area contributed by atoms with Gasteiger partial charge in [0.05, 0.1) is 11.2 Å². The molecule has 0 aliphatic heterocycles. The van der Waals surface area contributed by atoms with Crippen LogP contribution in [-0.4, -0.2) is 21.4 Å². The van der Waals surface area contributed by atoms with Gasteiger partial charge in [-0.05, 0) is 38.5 Å². The molecular formula is C34H70O2. The van der Waals surface area contributed by atoms with Crippen LogP contribution in [0.15, 0.2) is 0 Å². The molecule has 0 aliphatic carbocycles. The molecule has 0 aromatic rings. The second kappa shape index (κ2) is 25.2. The molecule has 0 aromatic heterocycles. The van der Waals surface area contributed by atoms with Gasteiger partial charge in [-0.2, -0.15) is 0 Å². The van der Waals surface area contributed by atoms with Gasteiger partial charge in [0.1, 0.15) is 0 Å². The molecule has 0 saturated carbocycles. The largest absolute Gasteiger partial charge is 0.390 e. The zero-order chi connectivity index (χ0) is 26.8. The van der Waals surface area contributed by atoms with Crippen molar-refractivity contribution in [3.63, 3.8) is 0 Å². The standard InChI is InChI=1S/C34H70O2/c1-5-9-13-17-21-27-33(35,28-22-18-14-10-6-2)31-25-26-32-34(36,29-23-19-15-11-7-3)30-24-20-16-12-8-4/h35-36H,5-32H2,1-4H3. The molecule has 0 amide bonds. The van der Waals surface area contributed by atoms with Crippen LogP contribution in [0.2, 0.25) is 0 Å². The van der Waals surface area contributed by atoms with Crippen LogP contribution in [0.25, 0.3) is 0 Å².